The van der Waals surface area contributed by atoms with Crippen molar-refractivity contribution in [2.75, 3.05) is 0 Å². The van der Waals surface area contributed by atoms with Gasteiger partial charge >= 0.3 is 0 Å². The molecule has 0 spiro atoms. The third-order valence-electron chi connectivity index (χ3n) is 2.24. The van der Waals surface area contributed by atoms with Crippen molar-refractivity contribution in [3.8, 4) is 0 Å². The molecule has 0 aliphatic heterocycles. The highest BCUT2D eigenvalue weighted by atomic mass is 79.9. The van der Waals surface area contributed by atoms with Crippen LogP contribution in [0, 0.1) is 6.92 Å². The number of hydrogen-bond donors (Lipinski definition) is 0. The lowest BCUT2D eigenvalue weighted by molar-refractivity contribution is 1.20. The van der Waals surface area contributed by atoms with Crippen LogP contribution in [0.25, 0.3) is 0 Å². The molecule has 0 saturated heterocycles. The standard InChI is InChI=1S/C12H9Br3S/c1-7-2-5-11(16-7)12(15)9-6-8(13)3-4-10(9)14/h2-6,12H,1H3. The molecule has 1 heterocycles. The van der Waals surface area contributed by atoms with Crippen molar-refractivity contribution < 1.29 is 0 Å². The summed E-state index contributed by atoms with van der Waals surface area (Å²) in [6.07, 6.45) is 0. The van der Waals surface area contributed by atoms with Crippen molar-refractivity contribution in [3.63, 3.8) is 0 Å². The van der Waals surface area contributed by atoms with Crippen LogP contribution in [0.3, 0.4) is 0 Å². The number of alkyl halides is 1. The summed E-state index contributed by atoms with van der Waals surface area (Å²) in [6.45, 7) is 2.13. The maximum atomic E-state index is 3.75. The summed E-state index contributed by atoms with van der Waals surface area (Å²) in [4.78, 5) is 2.92. The monoisotopic (exact) mass is 422 g/mol. The first-order chi connectivity index (χ1) is 7.58. The number of rotatable bonds is 2. The van der Waals surface area contributed by atoms with Gasteiger partial charge in [0.05, 0.1) is 4.83 Å². The van der Waals surface area contributed by atoms with Crippen LogP contribution in [0.2, 0.25) is 0 Å². The molecule has 0 aliphatic rings. The summed E-state index contributed by atoms with van der Waals surface area (Å²) in [5, 5.41) is 0. The molecule has 84 valence electrons. The SMILES string of the molecule is Cc1ccc(C(Br)c2cc(Br)ccc2Br)s1. The summed E-state index contributed by atoms with van der Waals surface area (Å²) in [7, 11) is 0. The van der Waals surface area contributed by atoms with E-state index < -0.39 is 0 Å². The molecular formula is C12H9Br3S. The lowest BCUT2D eigenvalue weighted by atomic mass is 10.1. The van der Waals surface area contributed by atoms with Crippen LogP contribution in [0.5, 0.6) is 0 Å². The highest BCUT2D eigenvalue weighted by molar-refractivity contribution is 9.11. The number of hydrogen-bond acceptors (Lipinski definition) is 1. The van der Waals surface area contributed by atoms with E-state index in [-0.39, 0.29) is 4.83 Å². The second-order valence-electron chi connectivity index (χ2n) is 3.48. The lowest BCUT2D eigenvalue weighted by Crippen LogP contribution is -1.91. The van der Waals surface area contributed by atoms with Crippen LogP contribution in [0.4, 0.5) is 0 Å². The van der Waals surface area contributed by atoms with Gasteiger partial charge in [-0.05, 0) is 42.8 Å². The summed E-state index contributed by atoms with van der Waals surface area (Å²) in [6, 6.07) is 10.6. The van der Waals surface area contributed by atoms with E-state index in [0.717, 1.165) is 8.95 Å². The third kappa shape index (κ3) is 2.78. The van der Waals surface area contributed by atoms with Crippen molar-refractivity contribution in [3.05, 3.63) is 54.6 Å². The smallest absolute Gasteiger partial charge is 0.0749 e. The van der Waals surface area contributed by atoms with E-state index in [0.29, 0.717) is 0 Å². The Morgan fingerprint density at radius 2 is 1.88 bits per heavy atom. The van der Waals surface area contributed by atoms with E-state index in [4.69, 9.17) is 0 Å². The molecule has 2 aromatic rings. The van der Waals surface area contributed by atoms with E-state index in [1.807, 2.05) is 17.4 Å². The fraction of sp³-hybridized carbons (Fsp3) is 0.167. The van der Waals surface area contributed by atoms with Crippen molar-refractivity contribution in [2.24, 2.45) is 0 Å². The summed E-state index contributed by atoms with van der Waals surface area (Å²) >= 11 is 12.7. The largest absolute Gasteiger partial charge is 0.144 e. The van der Waals surface area contributed by atoms with Gasteiger partial charge in [-0.3, -0.25) is 0 Å². The van der Waals surface area contributed by atoms with Gasteiger partial charge in [0.2, 0.25) is 0 Å². The van der Waals surface area contributed by atoms with Gasteiger partial charge in [-0.25, -0.2) is 0 Å². The topological polar surface area (TPSA) is 0 Å². The maximum Gasteiger partial charge on any atom is 0.0749 e. The lowest BCUT2D eigenvalue weighted by Gasteiger charge is -2.11. The highest BCUT2D eigenvalue weighted by Gasteiger charge is 2.15. The first kappa shape index (κ1) is 12.8. The molecule has 0 N–H and O–H groups in total. The van der Waals surface area contributed by atoms with E-state index in [1.165, 1.54) is 15.3 Å². The van der Waals surface area contributed by atoms with Gasteiger partial charge in [-0.15, -0.1) is 11.3 Å². The molecule has 0 fully saturated rings. The van der Waals surface area contributed by atoms with Gasteiger partial charge in [0.1, 0.15) is 0 Å². The molecule has 0 radical (unpaired) electrons. The van der Waals surface area contributed by atoms with Gasteiger partial charge in [-0.2, -0.15) is 0 Å². The summed E-state index contributed by atoms with van der Waals surface area (Å²) in [5.74, 6) is 0. The maximum absolute atomic E-state index is 3.75. The second kappa shape index (κ2) is 5.34. The predicted octanol–water partition coefficient (Wildman–Crippen LogP) is 6.07. The first-order valence-electron chi connectivity index (χ1n) is 4.73. The van der Waals surface area contributed by atoms with E-state index >= 15 is 0 Å². The molecular weight excluding hydrogens is 416 g/mol. The molecule has 2 rings (SSSR count). The molecule has 16 heavy (non-hydrogen) atoms. The van der Waals surface area contributed by atoms with Crippen LogP contribution >= 0.6 is 59.1 Å². The molecule has 0 nitrogen and oxygen atoms in total. The Bertz CT molecular complexity index is 505. The zero-order valence-corrected chi connectivity index (χ0v) is 14.1. The molecule has 1 atom stereocenters. The molecule has 0 aliphatic carbocycles. The zero-order valence-electron chi connectivity index (χ0n) is 8.51. The number of thiophene rings is 1. The Labute approximate surface area is 124 Å². The molecule has 1 unspecified atom stereocenters. The normalized spacial score (nSPS) is 12.8. The van der Waals surface area contributed by atoms with Gasteiger partial charge in [0, 0.05) is 18.7 Å². The third-order valence-corrected chi connectivity index (χ3v) is 5.81. The van der Waals surface area contributed by atoms with Crippen molar-refractivity contribution in [2.45, 2.75) is 11.8 Å². The molecule has 1 aromatic carbocycles. The molecule has 0 saturated carbocycles. The fourth-order valence-electron chi connectivity index (χ4n) is 1.45. The van der Waals surface area contributed by atoms with Crippen molar-refractivity contribution in [1.29, 1.82) is 0 Å². The van der Waals surface area contributed by atoms with E-state index in [1.54, 1.807) is 0 Å². The number of halogens is 3. The first-order valence-corrected chi connectivity index (χ1v) is 8.05. The number of benzene rings is 1. The van der Waals surface area contributed by atoms with Gasteiger partial charge in [0.15, 0.2) is 0 Å². The second-order valence-corrected chi connectivity index (χ2v) is 7.48. The minimum Gasteiger partial charge on any atom is -0.144 e. The Kier molecular flexibility index (Phi) is 4.27. The van der Waals surface area contributed by atoms with Crippen LogP contribution in [-0.2, 0) is 0 Å². The minimum absolute atomic E-state index is 0.248. The summed E-state index contributed by atoms with van der Waals surface area (Å²) < 4.78 is 2.23. The molecule has 0 bridgehead atoms. The molecule has 0 amide bonds. The van der Waals surface area contributed by atoms with E-state index in [2.05, 4.69) is 79.0 Å². The highest BCUT2D eigenvalue weighted by Crippen LogP contribution is 2.39. The number of aryl methyl sites for hydroxylation is 1. The van der Waals surface area contributed by atoms with Crippen LogP contribution < -0.4 is 0 Å². The van der Waals surface area contributed by atoms with Crippen LogP contribution in [0.1, 0.15) is 20.1 Å². The predicted molar refractivity (Wildman–Crippen MR) is 81.7 cm³/mol. The van der Waals surface area contributed by atoms with Crippen molar-refractivity contribution in [1.82, 2.24) is 0 Å². The fourth-order valence-corrected chi connectivity index (χ4v) is 4.30. The average molecular weight is 425 g/mol. The Morgan fingerprint density at radius 1 is 1.12 bits per heavy atom. The summed E-state index contributed by atoms with van der Waals surface area (Å²) in [5.41, 5.74) is 1.25. The van der Waals surface area contributed by atoms with Gasteiger partial charge < -0.3 is 0 Å². The minimum atomic E-state index is 0.248. The van der Waals surface area contributed by atoms with Crippen molar-refractivity contribution >= 4 is 59.1 Å². The Hall–Kier alpha value is 0.360. The van der Waals surface area contributed by atoms with Gasteiger partial charge in [0.25, 0.3) is 0 Å². The van der Waals surface area contributed by atoms with Crippen LogP contribution in [0.15, 0.2) is 39.3 Å². The Balaban J connectivity index is 2.40. The van der Waals surface area contributed by atoms with Gasteiger partial charge in [-0.1, -0.05) is 47.8 Å². The van der Waals surface area contributed by atoms with E-state index in [9.17, 15) is 0 Å². The molecule has 1 aromatic heterocycles. The zero-order chi connectivity index (χ0) is 11.7. The van der Waals surface area contributed by atoms with Crippen LogP contribution in [-0.4, -0.2) is 0 Å². The molecule has 4 heteroatoms. The Morgan fingerprint density at radius 3 is 2.50 bits per heavy atom. The quantitative estimate of drug-likeness (QED) is 0.513. The average Bonchev–Trinajstić information content (AvgIpc) is 2.67.